The van der Waals surface area contributed by atoms with E-state index in [-0.39, 0.29) is 5.91 Å². The minimum absolute atomic E-state index is 0.213. The molecule has 0 unspecified atom stereocenters. The number of halogens is 2. The average Bonchev–Trinajstić information content (AvgIpc) is 3.16. The number of nitrogens with one attached hydrogen (secondary N) is 1. The van der Waals surface area contributed by atoms with Gasteiger partial charge in [-0.25, -0.2) is 0 Å². The number of rotatable bonds is 8. The number of carbonyl (C=O) groups is 1. The fourth-order valence-corrected chi connectivity index (χ4v) is 4.38. The molecule has 3 aromatic carbocycles. The highest BCUT2D eigenvalue weighted by Crippen LogP contribution is 2.29. The van der Waals surface area contributed by atoms with Crippen LogP contribution in [0.5, 0.6) is 11.5 Å². The molecule has 0 radical (unpaired) electrons. The van der Waals surface area contributed by atoms with E-state index in [4.69, 9.17) is 32.7 Å². The number of benzene rings is 3. The zero-order valence-electron chi connectivity index (χ0n) is 21.8. The van der Waals surface area contributed by atoms with E-state index in [0.29, 0.717) is 46.6 Å². The number of nitrogens with two attached hydrogens (primary N) is 1. The van der Waals surface area contributed by atoms with Crippen LogP contribution in [0.4, 0.5) is 0 Å². The SMILES string of the molecule is CN.COc1ccc(C(=O)NC2=CC=C(c3cccc(C)c3)C=CC2)cc1OCCc1ccc(Cl)cc1Cl. The molecule has 0 saturated carbocycles. The van der Waals surface area contributed by atoms with Crippen molar-refractivity contribution in [1.29, 1.82) is 0 Å². The first-order chi connectivity index (χ1) is 18.4. The van der Waals surface area contributed by atoms with Crippen molar-refractivity contribution in [3.8, 4) is 11.5 Å². The molecular weight excluding hydrogens is 519 g/mol. The van der Waals surface area contributed by atoms with Crippen molar-refractivity contribution < 1.29 is 14.3 Å². The average molecular weight is 552 g/mol. The third-order valence-corrected chi connectivity index (χ3v) is 6.38. The fraction of sp³-hybridized carbons (Fsp3) is 0.194. The van der Waals surface area contributed by atoms with Crippen LogP contribution in [0.1, 0.15) is 33.5 Å². The minimum Gasteiger partial charge on any atom is -0.493 e. The van der Waals surface area contributed by atoms with Crippen molar-refractivity contribution in [3.05, 3.63) is 123 Å². The van der Waals surface area contributed by atoms with Gasteiger partial charge >= 0.3 is 0 Å². The molecule has 5 nitrogen and oxygen atoms in total. The van der Waals surface area contributed by atoms with Crippen molar-refractivity contribution in [2.24, 2.45) is 5.73 Å². The number of carbonyl (C=O) groups excluding carboxylic acids is 1. The van der Waals surface area contributed by atoms with Gasteiger partial charge in [0, 0.05) is 34.1 Å². The van der Waals surface area contributed by atoms with E-state index in [9.17, 15) is 4.79 Å². The molecule has 0 saturated heterocycles. The maximum atomic E-state index is 13.0. The molecule has 7 heteroatoms. The summed E-state index contributed by atoms with van der Waals surface area (Å²) in [6, 6.07) is 18.9. The number of methoxy groups -OCH3 is 1. The van der Waals surface area contributed by atoms with Crippen molar-refractivity contribution in [2.45, 2.75) is 19.8 Å². The number of hydrogen-bond acceptors (Lipinski definition) is 4. The molecule has 3 aromatic rings. The molecule has 0 spiro atoms. The van der Waals surface area contributed by atoms with Gasteiger partial charge < -0.3 is 20.5 Å². The van der Waals surface area contributed by atoms with Gasteiger partial charge in [-0.15, -0.1) is 0 Å². The topological polar surface area (TPSA) is 73.6 Å². The van der Waals surface area contributed by atoms with Crippen LogP contribution < -0.4 is 20.5 Å². The Bertz CT molecular complexity index is 1360. The summed E-state index contributed by atoms with van der Waals surface area (Å²) >= 11 is 12.2. The molecular formula is C31H32Cl2N2O3. The zero-order chi connectivity index (χ0) is 27.5. The van der Waals surface area contributed by atoms with E-state index >= 15 is 0 Å². The number of ether oxygens (including phenoxy) is 2. The van der Waals surface area contributed by atoms with Crippen LogP contribution >= 0.6 is 23.2 Å². The smallest absolute Gasteiger partial charge is 0.255 e. The van der Waals surface area contributed by atoms with Gasteiger partial charge in [0.25, 0.3) is 5.91 Å². The zero-order valence-corrected chi connectivity index (χ0v) is 23.3. The summed E-state index contributed by atoms with van der Waals surface area (Å²) in [6.07, 6.45) is 9.32. The van der Waals surface area contributed by atoms with E-state index in [1.165, 1.54) is 12.6 Å². The van der Waals surface area contributed by atoms with Crippen molar-refractivity contribution >= 4 is 34.7 Å². The third kappa shape index (κ3) is 7.99. The maximum Gasteiger partial charge on any atom is 0.255 e. The van der Waals surface area contributed by atoms with Crippen LogP contribution in [0, 0.1) is 6.92 Å². The summed E-state index contributed by atoms with van der Waals surface area (Å²) in [4.78, 5) is 13.0. The maximum absolute atomic E-state index is 13.0. The standard InChI is InChI=1S/C30H27Cl2NO3.CH5N/c1-20-5-3-7-23(17-20)21-6-4-8-26(13-10-21)33-30(34)24-11-14-28(35-2)29(18-24)36-16-15-22-9-12-25(31)19-27(22)32;1-2/h3-7,9-14,17-19H,8,15-16H2,1-2H3,(H,33,34);2H2,1H3. The van der Waals surface area contributed by atoms with Gasteiger partial charge in [0.1, 0.15) is 0 Å². The highest BCUT2D eigenvalue weighted by atomic mass is 35.5. The van der Waals surface area contributed by atoms with Gasteiger partial charge in [-0.05, 0) is 67.1 Å². The molecule has 0 fully saturated rings. The molecule has 198 valence electrons. The highest BCUT2D eigenvalue weighted by molar-refractivity contribution is 6.35. The fourth-order valence-electron chi connectivity index (χ4n) is 3.88. The number of amides is 1. The minimum atomic E-state index is -0.213. The summed E-state index contributed by atoms with van der Waals surface area (Å²) in [5.41, 5.74) is 10.2. The second kappa shape index (κ2) is 14.4. The normalized spacial score (nSPS) is 12.4. The Kier molecular flexibility index (Phi) is 11.0. The van der Waals surface area contributed by atoms with Crippen molar-refractivity contribution in [2.75, 3.05) is 20.8 Å². The second-order valence-corrected chi connectivity index (χ2v) is 9.29. The lowest BCUT2D eigenvalue weighted by Gasteiger charge is -2.13. The van der Waals surface area contributed by atoms with Gasteiger partial charge in [0.2, 0.25) is 0 Å². The third-order valence-electron chi connectivity index (χ3n) is 5.79. The van der Waals surface area contributed by atoms with Crippen molar-refractivity contribution in [3.63, 3.8) is 0 Å². The van der Waals surface area contributed by atoms with Crippen LogP contribution in [0.25, 0.3) is 5.57 Å². The number of allylic oxidation sites excluding steroid dienone is 5. The largest absolute Gasteiger partial charge is 0.493 e. The summed E-state index contributed by atoms with van der Waals surface area (Å²) in [7, 11) is 3.07. The van der Waals surface area contributed by atoms with Crippen molar-refractivity contribution in [1.82, 2.24) is 5.32 Å². The Labute approximate surface area is 234 Å². The molecule has 0 atom stereocenters. The molecule has 1 amide bonds. The molecule has 0 bridgehead atoms. The van der Waals surface area contributed by atoms with Gasteiger partial charge in [0.05, 0.1) is 13.7 Å². The van der Waals surface area contributed by atoms with E-state index in [2.05, 4.69) is 48.3 Å². The number of aryl methyl sites for hydroxylation is 1. The molecule has 1 aliphatic rings. The summed E-state index contributed by atoms with van der Waals surface area (Å²) in [5, 5.41) is 4.20. The van der Waals surface area contributed by atoms with Gasteiger partial charge in [-0.3, -0.25) is 4.79 Å². The molecule has 0 aliphatic heterocycles. The monoisotopic (exact) mass is 550 g/mol. The highest BCUT2D eigenvalue weighted by Gasteiger charge is 2.13. The van der Waals surface area contributed by atoms with E-state index in [1.54, 1.807) is 37.4 Å². The van der Waals surface area contributed by atoms with Crippen LogP contribution in [-0.4, -0.2) is 26.7 Å². The Balaban J connectivity index is 0.00000195. The molecule has 38 heavy (non-hydrogen) atoms. The van der Waals surface area contributed by atoms with E-state index in [1.807, 2.05) is 24.3 Å². The van der Waals surface area contributed by atoms with Crippen LogP contribution in [0.15, 0.2) is 90.7 Å². The summed E-state index contributed by atoms with van der Waals surface area (Å²) < 4.78 is 11.4. The Morgan fingerprint density at radius 1 is 1.00 bits per heavy atom. The predicted molar refractivity (Wildman–Crippen MR) is 157 cm³/mol. The molecule has 0 aromatic heterocycles. The first-order valence-electron chi connectivity index (χ1n) is 12.2. The number of hydrogen-bond donors (Lipinski definition) is 2. The van der Waals surface area contributed by atoms with Gasteiger partial charge in [-0.2, -0.15) is 0 Å². The Morgan fingerprint density at radius 3 is 2.55 bits per heavy atom. The van der Waals surface area contributed by atoms with Crippen LogP contribution in [0.3, 0.4) is 0 Å². The lowest BCUT2D eigenvalue weighted by atomic mass is 10.0. The summed E-state index contributed by atoms with van der Waals surface area (Å²) in [6.45, 7) is 2.44. The first kappa shape index (κ1) is 29.1. The second-order valence-electron chi connectivity index (χ2n) is 8.44. The van der Waals surface area contributed by atoms with Crippen LogP contribution in [-0.2, 0) is 6.42 Å². The van der Waals surface area contributed by atoms with Gasteiger partial charge in [0.15, 0.2) is 11.5 Å². The Morgan fingerprint density at radius 2 is 1.82 bits per heavy atom. The van der Waals surface area contributed by atoms with Gasteiger partial charge in [-0.1, -0.05) is 77.3 Å². The molecule has 1 aliphatic carbocycles. The lowest BCUT2D eigenvalue weighted by Crippen LogP contribution is -2.22. The van der Waals surface area contributed by atoms with Crippen LogP contribution in [0.2, 0.25) is 10.0 Å². The summed E-state index contributed by atoms with van der Waals surface area (Å²) in [5.74, 6) is 0.831. The van der Waals surface area contributed by atoms with E-state index in [0.717, 1.165) is 22.4 Å². The van der Waals surface area contributed by atoms with E-state index < -0.39 is 0 Å². The predicted octanol–water partition coefficient (Wildman–Crippen LogP) is 7.16. The molecule has 4 rings (SSSR count). The lowest BCUT2D eigenvalue weighted by molar-refractivity contribution is 0.0964. The first-order valence-corrected chi connectivity index (χ1v) is 13.0. The Hall–Kier alpha value is -3.51. The quantitative estimate of drug-likeness (QED) is 0.312. The molecule has 3 N–H and O–H groups in total. The molecule has 0 heterocycles.